The molecule has 6 nitrogen and oxygen atoms in total. The van der Waals surface area contributed by atoms with Crippen LogP contribution in [-0.4, -0.2) is 79.1 Å². The molecule has 3 fully saturated rings. The number of carbonyl (C=O) groups excluding carboxylic acids is 2. The maximum Gasteiger partial charge on any atom is 0.320 e. The molecule has 4 rings (SSSR count). The second kappa shape index (κ2) is 8.52. The molecule has 0 bridgehead atoms. The number of ether oxygens (including phenoxy) is 1. The van der Waals surface area contributed by atoms with Gasteiger partial charge in [-0.25, -0.2) is 4.79 Å². The Morgan fingerprint density at radius 1 is 0.964 bits per heavy atom. The van der Waals surface area contributed by atoms with E-state index in [-0.39, 0.29) is 17.4 Å². The van der Waals surface area contributed by atoms with Gasteiger partial charge in [-0.3, -0.25) is 4.79 Å². The van der Waals surface area contributed by atoms with Crippen LogP contribution >= 0.6 is 0 Å². The SMILES string of the molecule is O=C1CCC2(CCN(C(=O)N3CCOCC3)CC2)CN1CCc1ccccc1. The molecule has 3 aliphatic rings. The molecule has 0 atom stereocenters. The molecule has 1 aromatic carbocycles. The van der Waals surface area contributed by atoms with E-state index >= 15 is 0 Å². The first-order valence-electron chi connectivity index (χ1n) is 10.6. The summed E-state index contributed by atoms with van der Waals surface area (Å²) < 4.78 is 5.35. The van der Waals surface area contributed by atoms with Gasteiger partial charge >= 0.3 is 6.03 Å². The van der Waals surface area contributed by atoms with Gasteiger partial charge in [0.05, 0.1) is 13.2 Å². The first kappa shape index (κ1) is 19.2. The van der Waals surface area contributed by atoms with Gasteiger partial charge < -0.3 is 19.4 Å². The van der Waals surface area contributed by atoms with E-state index in [1.807, 2.05) is 15.9 Å². The maximum absolute atomic E-state index is 12.7. The normalized spacial score (nSPS) is 22.6. The van der Waals surface area contributed by atoms with E-state index in [0.717, 1.165) is 51.9 Å². The Labute approximate surface area is 167 Å². The zero-order valence-corrected chi connectivity index (χ0v) is 16.6. The molecule has 0 aliphatic carbocycles. The minimum atomic E-state index is 0.158. The lowest BCUT2D eigenvalue weighted by Crippen LogP contribution is -2.55. The molecule has 3 amide bonds. The Balaban J connectivity index is 1.31. The van der Waals surface area contributed by atoms with Gasteiger partial charge in [-0.1, -0.05) is 30.3 Å². The molecular weight excluding hydrogens is 354 g/mol. The Hall–Kier alpha value is -2.08. The number of nitrogens with zero attached hydrogens (tertiary/aromatic N) is 3. The summed E-state index contributed by atoms with van der Waals surface area (Å²) in [6.45, 7) is 5.92. The molecule has 0 unspecified atom stereocenters. The summed E-state index contributed by atoms with van der Waals surface area (Å²) >= 11 is 0. The Morgan fingerprint density at radius 3 is 2.36 bits per heavy atom. The molecule has 6 heteroatoms. The summed E-state index contributed by atoms with van der Waals surface area (Å²) in [6, 6.07) is 10.5. The van der Waals surface area contributed by atoms with Crippen LogP contribution < -0.4 is 0 Å². The van der Waals surface area contributed by atoms with Gasteiger partial charge in [-0.05, 0) is 36.7 Å². The standard InChI is InChI=1S/C22H31N3O3/c26-20-6-8-22(18-25(20)11-7-19-4-2-1-3-5-19)9-12-23(13-10-22)21(27)24-14-16-28-17-15-24/h1-5H,6-18H2. The third-order valence-electron chi connectivity index (χ3n) is 6.64. The van der Waals surface area contributed by atoms with Crippen LogP contribution in [0.15, 0.2) is 30.3 Å². The molecule has 0 saturated carbocycles. The number of benzene rings is 1. The van der Waals surface area contributed by atoms with E-state index in [9.17, 15) is 9.59 Å². The van der Waals surface area contributed by atoms with Crippen molar-refractivity contribution in [2.24, 2.45) is 5.41 Å². The van der Waals surface area contributed by atoms with Crippen LogP contribution in [0.25, 0.3) is 0 Å². The van der Waals surface area contributed by atoms with Crippen molar-refractivity contribution < 1.29 is 14.3 Å². The molecule has 1 spiro atoms. The molecule has 0 radical (unpaired) electrons. The lowest BCUT2D eigenvalue weighted by atomic mass is 9.72. The van der Waals surface area contributed by atoms with Gasteiger partial charge in [0.2, 0.25) is 5.91 Å². The van der Waals surface area contributed by atoms with Crippen molar-refractivity contribution in [3.63, 3.8) is 0 Å². The fraction of sp³-hybridized carbons (Fsp3) is 0.636. The summed E-state index contributed by atoms with van der Waals surface area (Å²) in [5.74, 6) is 0.286. The predicted molar refractivity (Wildman–Crippen MR) is 107 cm³/mol. The molecule has 3 saturated heterocycles. The van der Waals surface area contributed by atoms with Crippen molar-refractivity contribution in [3.8, 4) is 0 Å². The highest BCUT2D eigenvalue weighted by molar-refractivity contribution is 5.77. The first-order chi connectivity index (χ1) is 13.7. The molecule has 0 aromatic heterocycles. The zero-order chi connectivity index (χ0) is 19.4. The van der Waals surface area contributed by atoms with Crippen LogP contribution in [0.5, 0.6) is 0 Å². The van der Waals surface area contributed by atoms with Crippen molar-refractivity contribution in [1.29, 1.82) is 0 Å². The van der Waals surface area contributed by atoms with E-state index in [1.165, 1.54) is 5.56 Å². The summed E-state index contributed by atoms with van der Waals surface area (Å²) in [6.07, 6.45) is 4.51. The van der Waals surface area contributed by atoms with E-state index in [4.69, 9.17) is 4.74 Å². The molecule has 3 aliphatic heterocycles. The number of morpholine rings is 1. The number of hydrogen-bond donors (Lipinski definition) is 0. The quantitative estimate of drug-likeness (QED) is 0.803. The highest BCUT2D eigenvalue weighted by atomic mass is 16.5. The molecular formula is C22H31N3O3. The van der Waals surface area contributed by atoms with Crippen molar-refractivity contribution in [3.05, 3.63) is 35.9 Å². The van der Waals surface area contributed by atoms with Crippen LogP contribution in [-0.2, 0) is 16.0 Å². The van der Waals surface area contributed by atoms with Crippen LogP contribution in [0, 0.1) is 5.41 Å². The van der Waals surface area contributed by atoms with Crippen LogP contribution in [0.2, 0.25) is 0 Å². The average molecular weight is 386 g/mol. The van der Waals surface area contributed by atoms with Crippen LogP contribution in [0.4, 0.5) is 4.79 Å². The fourth-order valence-electron chi connectivity index (χ4n) is 4.75. The molecule has 0 N–H and O–H groups in total. The van der Waals surface area contributed by atoms with Crippen molar-refractivity contribution >= 4 is 11.9 Å². The molecule has 28 heavy (non-hydrogen) atoms. The van der Waals surface area contributed by atoms with Gasteiger partial charge in [0, 0.05) is 45.7 Å². The van der Waals surface area contributed by atoms with Crippen molar-refractivity contribution in [1.82, 2.24) is 14.7 Å². The number of carbonyl (C=O) groups is 2. The van der Waals surface area contributed by atoms with Crippen LogP contribution in [0.3, 0.4) is 0 Å². The summed E-state index contributed by atoms with van der Waals surface area (Å²) in [5, 5.41) is 0. The van der Waals surface area contributed by atoms with Gasteiger partial charge in [0.15, 0.2) is 0 Å². The molecule has 3 heterocycles. The smallest absolute Gasteiger partial charge is 0.320 e. The van der Waals surface area contributed by atoms with Crippen molar-refractivity contribution in [2.45, 2.75) is 32.1 Å². The van der Waals surface area contributed by atoms with Gasteiger partial charge in [0.25, 0.3) is 0 Å². The fourth-order valence-corrected chi connectivity index (χ4v) is 4.75. The van der Waals surface area contributed by atoms with E-state index in [0.29, 0.717) is 32.7 Å². The monoisotopic (exact) mass is 385 g/mol. The number of urea groups is 1. The van der Waals surface area contributed by atoms with E-state index < -0.39 is 0 Å². The second-order valence-electron chi connectivity index (χ2n) is 8.42. The average Bonchev–Trinajstić information content (AvgIpc) is 2.76. The zero-order valence-electron chi connectivity index (χ0n) is 16.6. The number of piperidine rings is 2. The molecule has 1 aromatic rings. The highest BCUT2D eigenvalue weighted by Crippen LogP contribution is 2.40. The van der Waals surface area contributed by atoms with Crippen molar-refractivity contribution in [2.75, 3.05) is 52.5 Å². The summed E-state index contributed by atoms with van der Waals surface area (Å²) in [4.78, 5) is 31.2. The lowest BCUT2D eigenvalue weighted by molar-refractivity contribution is -0.138. The third-order valence-corrected chi connectivity index (χ3v) is 6.64. The highest BCUT2D eigenvalue weighted by Gasteiger charge is 2.42. The Morgan fingerprint density at radius 2 is 1.64 bits per heavy atom. The summed E-state index contributed by atoms with van der Waals surface area (Å²) in [7, 11) is 0. The predicted octanol–water partition coefficient (Wildman–Crippen LogP) is 2.39. The second-order valence-corrected chi connectivity index (χ2v) is 8.42. The Bertz CT molecular complexity index is 680. The number of hydrogen-bond acceptors (Lipinski definition) is 3. The van der Waals surface area contributed by atoms with Gasteiger partial charge in [0.1, 0.15) is 0 Å². The lowest BCUT2D eigenvalue weighted by Gasteiger charge is -2.48. The van der Waals surface area contributed by atoms with Crippen LogP contribution in [0.1, 0.15) is 31.2 Å². The van der Waals surface area contributed by atoms with E-state index in [2.05, 4.69) is 29.2 Å². The minimum absolute atomic E-state index is 0.158. The first-order valence-corrected chi connectivity index (χ1v) is 10.6. The van der Waals surface area contributed by atoms with Gasteiger partial charge in [-0.2, -0.15) is 0 Å². The largest absolute Gasteiger partial charge is 0.378 e. The molecule has 152 valence electrons. The van der Waals surface area contributed by atoms with Gasteiger partial charge in [-0.15, -0.1) is 0 Å². The number of likely N-dealkylation sites (tertiary alicyclic amines) is 2. The topological polar surface area (TPSA) is 53.1 Å². The number of rotatable bonds is 3. The Kier molecular flexibility index (Phi) is 5.85. The number of amides is 3. The van der Waals surface area contributed by atoms with E-state index in [1.54, 1.807) is 0 Å². The summed E-state index contributed by atoms with van der Waals surface area (Å²) in [5.41, 5.74) is 1.47. The maximum atomic E-state index is 12.7. The minimum Gasteiger partial charge on any atom is -0.378 e. The third kappa shape index (κ3) is 4.32.